The Balaban J connectivity index is 1.28. The Bertz CT molecular complexity index is 2410. The fraction of sp³-hybridized carbons (Fsp3) is 0.0476. The minimum absolute atomic E-state index is 0.479. The number of nitrogens with one attached hydrogen (secondary N) is 2. The molecule has 0 amide bonds. The topological polar surface area (TPSA) is 72.2 Å². The molecule has 2 aliphatic heterocycles. The van der Waals surface area contributed by atoms with Crippen molar-refractivity contribution < 1.29 is 9.15 Å². The van der Waals surface area contributed by atoms with Crippen molar-refractivity contribution in [2.24, 2.45) is 0 Å². The normalized spacial score (nSPS) is 14.1. The first-order valence-corrected chi connectivity index (χ1v) is 16.0. The Morgan fingerprint density at radius 1 is 0.625 bits per heavy atom. The van der Waals surface area contributed by atoms with E-state index in [9.17, 15) is 0 Å². The van der Waals surface area contributed by atoms with Crippen molar-refractivity contribution in [3.63, 3.8) is 0 Å². The van der Waals surface area contributed by atoms with Gasteiger partial charge >= 0.3 is 0 Å². The third-order valence-corrected chi connectivity index (χ3v) is 9.16. The number of rotatable bonds is 6. The molecule has 2 aromatic heterocycles. The van der Waals surface area contributed by atoms with Crippen LogP contribution in [0.2, 0.25) is 0 Å². The zero-order valence-corrected chi connectivity index (χ0v) is 26.0. The predicted molar refractivity (Wildman–Crippen MR) is 192 cm³/mol. The Hall–Kier alpha value is -6.40. The molecule has 0 aliphatic carbocycles. The molecule has 0 saturated heterocycles. The molecule has 0 bridgehead atoms. The first-order valence-electron chi connectivity index (χ1n) is 16.0. The van der Waals surface area contributed by atoms with E-state index in [1.165, 1.54) is 39.4 Å². The molecule has 2 N–H and O–H groups in total. The van der Waals surface area contributed by atoms with E-state index in [0.29, 0.717) is 13.3 Å². The van der Waals surface area contributed by atoms with E-state index < -0.39 is 0 Å². The summed E-state index contributed by atoms with van der Waals surface area (Å²) in [6.07, 6.45) is 13.0. The Morgan fingerprint density at radius 2 is 1.33 bits per heavy atom. The van der Waals surface area contributed by atoms with Crippen LogP contribution in [0.4, 0.5) is 0 Å². The number of ether oxygens (including phenoxy) is 1. The van der Waals surface area contributed by atoms with Crippen molar-refractivity contribution in [1.29, 1.82) is 0 Å². The van der Waals surface area contributed by atoms with Crippen LogP contribution in [0, 0.1) is 0 Å². The van der Waals surface area contributed by atoms with Gasteiger partial charge in [-0.15, -0.1) is 0 Å². The van der Waals surface area contributed by atoms with Gasteiger partial charge in [0, 0.05) is 41.8 Å². The van der Waals surface area contributed by atoms with Crippen LogP contribution in [0.5, 0.6) is 0 Å². The number of benzene rings is 5. The van der Waals surface area contributed by atoms with Gasteiger partial charge in [-0.3, -0.25) is 4.98 Å². The summed E-state index contributed by atoms with van der Waals surface area (Å²) >= 11 is 0. The van der Waals surface area contributed by atoms with Gasteiger partial charge in [0.1, 0.15) is 18.2 Å². The first-order chi connectivity index (χ1) is 23.8. The Morgan fingerprint density at radius 3 is 2.10 bits per heavy atom. The van der Waals surface area contributed by atoms with E-state index in [4.69, 9.17) is 9.15 Å². The number of oxazole rings is 1. The van der Waals surface area contributed by atoms with Crippen molar-refractivity contribution in [2.45, 2.75) is 0 Å². The van der Waals surface area contributed by atoms with Gasteiger partial charge in [-0.2, -0.15) is 0 Å². The molecule has 9 rings (SSSR count). The van der Waals surface area contributed by atoms with Crippen LogP contribution in [0.25, 0.3) is 71.8 Å². The van der Waals surface area contributed by atoms with E-state index in [-0.39, 0.29) is 0 Å². The van der Waals surface area contributed by atoms with E-state index in [0.717, 1.165) is 55.6 Å². The smallest absolute Gasteiger partial charge is 0.181 e. The fourth-order valence-electron chi connectivity index (χ4n) is 6.90. The molecule has 2 aliphatic rings. The summed E-state index contributed by atoms with van der Waals surface area (Å²) in [4.78, 5) is 9.08. The lowest BCUT2D eigenvalue weighted by Crippen LogP contribution is -2.18. The maximum absolute atomic E-state index is 5.49. The van der Waals surface area contributed by atoms with Crippen LogP contribution >= 0.6 is 0 Å². The number of aromatic nitrogens is 2. The average Bonchev–Trinajstić information content (AvgIpc) is 3.90. The number of hydrogen-bond acceptors (Lipinski definition) is 6. The van der Waals surface area contributed by atoms with Gasteiger partial charge in [0.25, 0.3) is 0 Å². The first kappa shape index (κ1) is 27.9. The van der Waals surface area contributed by atoms with Crippen molar-refractivity contribution >= 4 is 27.1 Å². The monoisotopic (exact) mass is 622 g/mol. The van der Waals surface area contributed by atoms with E-state index in [2.05, 4.69) is 124 Å². The lowest BCUT2D eigenvalue weighted by molar-refractivity contribution is 0.267. The van der Waals surface area contributed by atoms with Crippen LogP contribution in [-0.2, 0) is 4.74 Å². The Labute approximate surface area is 277 Å². The van der Waals surface area contributed by atoms with Gasteiger partial charge in [0.05, 0.1) is 5.70 Å². The zero-order valence-electron chi connectivity index (χ0n) is 26.0. The molecule has 6 nitrogen and oxygen atoms in total. The summed E-state index contributed by atoms with van der Waals surface area (Å²) < 4.78 is 10.8. The van der Waals surface area contributed by atoms with Gasteiger partial charge in [-0.25, -0.2) is 4.98 Å². The summed E-state index contributed by atoms with van der Waals surface area (Å²) in [5.74, 6) is 0. The number of pyridine rings is 1. The van der Waals surface area contributed by atoms with Crippen LogP contribution < -0.4 is 10.6 Å². The quantitative estimate of drug-likeness (QED) is 0.180. The second-order valence-corrected chi connectivity index (χ2v) is 12.0. The molecule has 7 aromatic rings. The van der Waals surface area contributed by atoms with Crippen LogP contribution in [0.15, 0.2) is 162 Å². The van der Waals surface area contributed by atoms with Gasteiger partial charge < -0.3 is 19.8 Å². The molecule has 0 fully saturated rings. The predicted octanol–water partition coefficient (Wildman–Crippen LogP) is 9.33. The largest absolute Gasteiger partial charge is 0.479 e. The molecule has 5 aromatic carbocycles. The van der Waals surface area contributed by atoms with Crippen molar-refractivity contribution in [1.82, 2.24) is 20.6 Å². The third kappa shape index (κ3) is 4.91. The van der Waals surface area contributed by atoms with Gasteiger partial charge in [-0.05, 0) is 78.7 Å². The van der Waals surface area contributed by atoms with Gasteiger partial charge in [0.2, 0.25) is 0 Å². The van der Waals surface area contributed by atoms with Crippen LogP contribution in [0.3, 0.4) is 0 Å². The lowest BCUT2D eigenvalue weighted by atomic mass is 9.84. The number of allylic oxidation sites excluding steroid dienone is 1. The maximum atomic E-state index is 5.49. The summed E-state index contributed by atoms with van der Waals surface area (Å²) in [5, 5.41) is 11.5. The van der Waals surface area contributed by atoms with Crippen molar-refractivity contribution in [2.75, 3.05) is 13.3 Å². The highest BCUT2D eigenvalue weighted by Crippen LogP contribution is 2.44. The van der Waals surface area contributed by atoms with E-state index >= 15 is 0 Å². The molecule has 4 heterocycles. The summed E-state index contributed by atoms with van der Waals surface area (Å²) in [7, 11) is 0. The second-order valence-electron chi connectivity index (χ2n) is 12.0. The Kier molecular flexibility index (Phi) is 6.82. The molecule has 0 unspecified atom stereocenters. The lowest BCUT2D eigenvalue weighted by Gasteiger charge is -2.22. The minimum atomic E-state index is 0.479. The molecule has 0 radical (unpaired) electrons. The summed E-state index contributed by atoms with van der Waals surface area (Å²) in [5.41, 5.74) is 13.0. The molecule has 6 heteroatoms. The molecule has 0 atom stereocenters. The SMILES string of the molecule is C1=C(C2=COCN2)C=C(c2c3ccccc3c(-c3cncc(-c4cocn4)c3)c3cc(-c4ccc(-c5ccccc5)cc4)ccc23)CN1. The average molecular weight is 623 g/mol. The highest BCUT2D eigenvalue weighted by Gasteiger charge is 2.21. The molecule has 48 heavy (non-hydrogen) atoms. The second kappa shape index (κ2) is 11.8. The van der Waals surface area contributed by atoms with Gasteiger partial charge in [0.15, 0.2) is 13.1 Å². The van der Waals surface area contributed by atoms with E-state index in [1.807, 2.05) is 24.7 Å². The molecular formula is C42H30N4O2. The number of nitrogens with zero attached hydrogens (tertiary/aromatic N) is 2. The number of fused-ring (bicyclic) bond motifs is 2. The fourth-order valence-corrected chi connectivity index (χ4v) is 6.90. The molecule has 0 spiro atoms. The van der Waals surface area contributed by atoms with Crippen LogP contribution in [0.1, 0.15) is 5.56 Å². The third-order valence-electron chi connectivity index (χ3n) is 9.16. The molecule has 230 valence electrons. The summed E-state index contributed by atoms with van der Waals surface area (Å²) in [6.45, 7) is 1.19. The number of dihydropyridines is 1. The highest BCUT2D eigenvalue weighted by molar-refractivity contribution is 6.19. The van der Waals surface area contributed by atoms with Crippen molar-refractivity contribution in [3.05, 3.63) is 164 Å². The molecule has 0 saturated carbocycles. The summed E-state index contributed by atoms with van der Waals surface area (Å²) in [6, 6.07) is 37.0. The zero-order chi connectivity index (χ0) is 31.9. The van der Waals surface area contributed by atoms with Gasteiger partial charge in [-0.1, -0.05) is 91.0 Å². The minimum Gasteiger partial charge on any atom is -0.479 e. The molecular weight excluding hydrogens is 592 g/mol. The standard InChI is InChI=1S/C42H30N4O2/c1-2-6-27(7-3-1)28-10-12-29(13-11-28)30-14-15-37-38(18-30)42(34-17-32(20-44-22-34)40-24-48-26-46-40)36-9-5-4-8-35(36)41(37)33-16-31(19-43-21-33)39-23-47-25-45-39/h1-20,22-24,26,43,45H,21,25H2. The number of hydrogen-bond donors (Lipinski definition) is 2. The van der Waals surface area contributed by atoms with Crippen LogP contribution in [-0.4, -0.2) is 23.2 Å². The van der Waals surface area contributed by atoms with Crippen molar-refractivity contribution in [3.8, 4) is 44.6 Å². The highest BCUT2D eigenvalue weighted by atomic mass is 16.5. The van der Waals surface area contributed by atoms with E-state index in [1.54, 1.807) is 12.5 Å². The maximum Gasteiger partial charge on any atom is 0.181 e.